The summed E-state index contributed by atoms with van der Waals surface area (Å²) >= 11 is 0. The smallest absolute Gasteiger partial charge is 0.343 e. The van der Waals surface area contributed by atoms with Gasteiger partial charge in [0.1, 0.15) is 17.8 Å². The van der Waals surface area contributed by atoms with Crippen molar-refractivity contribution in [2.45, 2.75) is 19.2 Å². The van der Waals surface area contributed by atoms with Crippen LogP contribution in [0.25, 0.3) is 0 Å². The first-order chi connectivity index (χ1) is 17.6. The fourth-order valence-electron chi connectivity index (χ4n) is 4.93. The molecule has 0 aliphatic carbocycles. The molecule has 190 valence electrons. The molecule has 8 heteroatoms. The molecule has 1 aromatic heterocycles. The largest absolute Gasteiger partial charge is 0.507 e. The zero-order valence-corrected chi connectivity index (χ0v) is 20.6. The minimum absolute atomic E-state index is 0.0478. The number of hydrogen-bond acceptors (Lipinski definition) is 8. The summed E-state index contributed by atoms with van der Waals surface area (Å²) in [6, 6.07) is 18.2. The Morgan fingerprint density at radius 1 is 0.944 bits per heavy atom. The molecule has 0 saturated carbocycles. The highest BCUT2D eigenvalue weighted by atomic mass is 16.5. The number of anilines is 1. The van der Waals surface area contributed by atoms with E-state index < -0.39 is 5.63 Å². The Balaban J connectivity index is 1.21. The van der Waals surface area contributed by atoms with Crippen molar-refractivity contribution in [1.82, 2.24) is 9.80 Å². The summed E-state index contributed by atoms with van der Waals surface area (Å²) in [6.07, 6.45) is 1.35. The molecule has 0 radical (unpaired) electrons. The van der Waals surface area contributed by atoms with E-state index in [1.165, 1.54) is 12.0 Å². The summed E-state index contributed by atoms with van der Waals surface area (Å²) in [7, 11) is 1.67. The molecule has 0 amide bonds. The maximum absolute atomic E-state index is 12.5. The zero-order valence-electron chi connectivity index (χ0n) is 20.6. The first-order valence-corrected chi connectivity index (χ1v) is 12.4. The van der Waals surface area contributed by atoms with Crippen LogP contribution in [-0.2, 0) is 17.8 Å². The molecular weight excluding hydrogens is 458 g/mol. The molecule has 0 bridgehead atoms. The van der Waals surface area contributed by atoms with Crippen LogP contribution in [0.3, 0.4) is 0 Å². The van der Waals surface area contributed by atoms with Gasteiger partial charge in [0.2, 0.25) is 0 Å². The monoisotopic (exact) mass is 491 g/mol. The normalized spacial score (nSPS) is 19.4. The van der Waals surface area contributed by atoms with E-state index in [9.17, 15) is 9.90 Å². The maximum atomic E-state index is 12.5. The summed E-state index contributed by atoms with van der Waals surface area (Å²) in [5.41, 5.74) is 2.77. The molecule has 2 aliphatic rings. The lowest BCUT2D eigenvalue weighted by molar-refractivity contribution is -0.0334. The van der Waals surface area contributed by atoms with Crippen LogP contribution in [0.1, 0.15) is 22.8 Å². The Kier molecular flexibility index (Phi) is 7.55. The molecule has 2 aliphatic heterocycles. The predicted molar refractivity (Wildman–Crippen MR) is 138 cm³/mol. The van der Waals surface area contributed by atoms with Crippen molar-refractivity contribution in [3.63, 3.8) is 0 Å². The SMILES string of the molecule is COc1ccc(N2CCN(Cc3coc(=O)c(CN4CCO[C@H](c5ccccc5)C4)c3O)CC2)cc1. The van der Waals surface area contributed by atoms with Gasteiger partial charge in [-0.1, -0.05) is 30.3 Å². The average Bonchev–Trinajstić information content (AvgIpc) is 2.94. The molecule has 36 heavy (non-hydrogen) atoms. The van der Waals surface area contributed by atoms with Gasteiger partial charge in [-0.05, 0) is 29.8 Å². The van der Waals surface area contributed by atoms with Crippen molar-refractivity contribution in [2.24, 2.45) is 0 Å². The molecule has 2 saturated heterocycles. The number of piperazine rings is 1. The van der Waals surface area contributed by atoms with Crippen LogP contribution >= 0.6 is 0 Å². The molecule has 8 nitrogen and oxygen atoms in total. The molecule has 1 N–H and O–H groups in total. The third-order valence-electron chi connectivity index (χ3n) is 7.05. The van der Waals surface area contributed by atoms with Gasteiger partial charge in [-0.3, -0.25) is 9.80 Å². The van der Waals surface area contributed by atoms with Crippen LogP contribution in [0.15, 0.2) is 70.1 Å². The van der Waals surface area contributed by atoms with Gasteiger partial charge in [-0.2, -0.15) is 0 Å². The zero-order chi connectivity index (χ0) is 24.9. The molecule has 1 atom stereocenters. The third kappa shape index (κ3) is 5.56. The maximum Gasteiger partial charge on any atom is 0.343 e. The molecule has 2 fully saturated rings. The predicted octanol–water partition coefficient (Wildman–Crippen LogP) is 3.25. The molecule has 2 aromatic carbocycles. The van der Waals surface area contributed by atoms with Gasteiger partial charge in [0, 0.05) is 63.6 Å². The molecule has 3 heterocycles. The first kappa shape index (κ1) is 24.4. The lowest BCUT2D eigenvalue weighted by Crippen LogP contribution is -2.46. The van der Waals surface area contributed by atoms with Crippen LogP contribution in [-0.4, -0.2) is 67.9 Å². The van der Waals surface area contributed by atoms with Crippen molar-refractivity contribution in [1.29, 1.82) is 0 Å². The number of hydrogen-bond donors (Lipinski definition) is 1. The van der Waals surface area contributed by atoms with E-state index in [-0.39, 0.29) is 11.9 Å². The molecule has 3 aromatic rings. The van der Waals surface area contributed by atoms with Crippen LogP contribution in [0.2, 0.25) is 0 Å². The lowest BCUT2D eigenvalue weighted by atomic mass is 10.1. The number of rotatable bonds is 7. The van der Waals surface area contributed by atoms with Crippen molar-refractivity contribution in [2.75, 3.05) is 57.9 Å². The summed E-state index contributed by atoms with van der Waals surface area (Å²) in [4.78, 5) is 19.3. The Morgan fingerprint density at radius 2 is 1.69 bits per heavy atom. The second kappa shape index (κ2) is 11.2. The van der Waals surface area contributed by atoms with Crippen LogP contribution < -0.4 is 15.3 Å². The quantitative estimate of drug-likeness (QED) is 0.540. The van der Waals surface area contributed by atoms with Crippen molar-refractivity contribution >= 4 is 5.69 Å². The van der Waals surface area contributed by atoms with Gasteiger partial charge in [0.05, 0.1) is 25.4 Å². The fourth-order valence-corrected chi connectivity index (χ4v) is 4.93. The van der Waals surface area contributed by atoms with Gasteiger partial charge in [0.25, 0.3) is 0 Å². The minimum Gasteiger partial charge on any atom is -0.507 e. The Hall–Kier alpha value is -3.33. The van der Waals surface area contributed by atoms with Crippen molar-refractivity contribution in [3.05, 3.63) is 88.0 Å². The Labute approximate surface area is 211 Å². The number of methoxy groups -OCH3 is 1. The van der Waals surface area contributed by atoms with Gasteiger partial charge >= 0.3 is 5.63 Å². The highest BCUT2D eigenvalue weighted by molar-refractivity contribution is 5.49. The standard InChI is InChI=1S/C28H33N3O5/c1-34-24-9-7-23(8-10-24)31-13-11-29(12-14-31)17-22-20-36-28(33)25(27(22)32)18-30-15-16-35-26(19-30)21-5-3-2-4-6-21/h2-10,20,26,32H,11-19H2,1H3/t26-/m0/s1. The van der Waals surface area contributed by atoms with E-state index in [2.05, 4.69) is 39.0 Å². The molecule has 0 unspecified atom stereocenters. The van der Waals surface area contributed by atoms with E-state index in [4.69, 9.17) is 13.9 Å². The number of benzene rings is 2. The highest BCUT2D eigenvalue weighted by Crippen LogP contribution is 2.27. The third-order valence-corrected chi connectivity index (χ3v) is 7.05. The van der Waals surface area contributed by atoms with E-state index >= 15 is 0 Å². The van der Waals surface area contributed by atoms with E-state index in [1.807, 2.05) is 30.3 Å². The topological polar surface area (TPSA) is 78.6 Å². The minimum atomic E-state index is -0.483. The fraction of sp³-hybridized carbons (Fsp3) is 0.393. The summed E-state index contributed by atoms with van der Waals surface area (Å²) in [6.45, 7) is 6.25. The van der Waals surface area contributed by atoms with Gasteiger partial charge in [0.15, 0.2) is 0 Å². The first-order valence-electron chi connectivity index (χ1n) is 12.4. The molecule has 5 rings (SSSR count). The summed E-state index contributed by atoms with van der Waals surface area (Å²) in [5, 5.41) is 11.0. The van der Waals surface area contributed by atoms with Crippen LogP contribution in [0.4, 0.5) is 5.69 Å². The van der Waals surface area contributed by atoms with E-state index in [0.29, 0.717) is 43.9 Å². The number of nitrogens with zero attached hydrogens (tertiary/aromatic N) is 3. The van der Waals surface area contributed by atoms with Gasteiger partial charge in [-0.25, -0.2) is 4.79 Å². The summed E-state index contributed by atoms with van der Waals surface area (Å²) < 4.78 is 16.6. The van der Waals surface area contributed by atoms with Gasteiger partial charge in [-0.15, -0.1) is 0 Å². The second-order valence-electron chi connectivity index (χ2n) is 9.34. The summed E-state index contributed by atoms with van der Waals surface area (Å²) in [5.74, 6) is 0.897. The number of morpholine rings is 1. The number of ether oxygens (including phenoxy) is 2. The lowest BCUT2D eigenvalue weighted by Gasteiger charge is -2.36. The Morgan fingerprint density at radius 3 is 2.42 bits per heavy atom. The second-order valence-corrected chi connectivity index (χ2v) is 9.34. The van der Waals surface area contributed by atoms with E-state index in [1.54, 1.807) is 7.11 Å². The number of aromatic hydroxyl groups is 1. The highest BCUT2D eigenvalue weighted by Gasteiger charge is 2.26. The van der Waals surface area contributed by atoms with Crippen LogP contribution in [0, 0.1) is 0 Å². The Bertz CT molecular complexity index is 1190. The molecule has 0 spiro atoms. The van der Waals surface area contributed by atoms with Crippen molar-refractivity contribution in [3.8, 4) is 11.5 Å². The van der Waals surface area contributed by atoms with Crippen LogP contribution in [0.5, 0.6) is 11.5 Å². The average molecular weight is 492 g/mol. The molecular formula is C28H33N3O5. The van der Waals surface area contributed by atoms with Crippen molar-refractivity contribution < 1.29 is 19.0 Å². The van der Waals surface area contributed by atoms with Gasteiger partial charge < -0.3 is 23.9 Å². The van der Waals surface area contributed by atoms with E-state index in [0.717, 1.165) is 37.5 Å².